The molecule has 1 aliphatic heterocycles. The molecular weight excluding hydrogens is 358 g/mol. The fourth-order valence-electron chi connectivity index (χ4n) is 3.55. The fourth-order valence-corrected chi connectivity index (χ4v) is 4.28. The number of carbonyl (C=O) groups is 1. The van der Waals surface area contributed by atoms with Crippen molar-refractivity contribution in [2.75, 3.05) is 23.3 Å². The Morgan fingerprint density at radius 3 is 3.15 bits per heavy atom. The molecule has 7 heteroatoms. The van der Waals surface area contributed by atoms with E-state index >= 15 is 0 Å². The van der Waals surface area contributed by atoms with Gasteiger partial charge in [-0.1, -0.05) is 19.1 Å². The van der Waals surface area contributed by atoms with E-state index in [2.05, 4.69) is 38.5 Å². The molecule has 140 valence electrons. The number of fused-ring (bicyclic) bond motifs is 1. The molecule has 0 aliphatic carbocycles. The van der Waals surface area contributed by atoms with Crippen molar-refractivity contribution >= 4 is 39.0 Å². The molecule has 2 aromatic heterocycles. The van der Waals surface area contributed by atoms with E-state index < -0.39 is 0 Å². The molecule has 6 nitrogen and oxygen atoms in total. The van der Waals surface area contributed by atoms with Crippen molar-refractivity contribution in [3.63, 3.8) is 0 Å². The maximum absolute atomic E-state index is 13.0. The summed E-state index contributed by atoms with van der Waals surface area (Å²) in [6.45, 7) is 4.63. The van der Waals surface area contributed by atoms with E-state index in [4.69, 9.17) is 0 Å². The molecule has 1 saturated heterocycles. The van der Waals surface area contributed by atoms with Crippen molar-refractivity contribution in [1.82, 2.24) is 15.3 Å². The average Bonchev–Trinajstić information content (AvgIpc) is 3.35. The molecule has 1 aliphatic rings. The third-order valence-corrected chi connectivity index (χ3v) is 5.66. The summed E-state index contributed by atoms with van der Waals surface area (Å²) in [4.78, 5) is 24.9. The van der Waals surface area contributed by atoms with E-state index in [-0.39, 0.29) is 11.9 Å². The highest BCUT2D eigenvalue weighted by molar-refractivity contribution is 7.16. The van der Waals surface area contributed by atoms with E-state index in [1.54, 1.807) is 17.7 Å². The predicted octanol–water partition coefficient (Wildman–Crippen LogP) is 3.41. The van der Waals surface area contributed by atoms with E-state index in [1.807, 2.05) is 29.6 Å². The standard InChI is InChI=1S/C20H23N5OS/c1-2-21-12-14-5-3-6-15(11-14)24-19(26)17-7-4-9-25(17)18-16-8-10-27-20(16)23-13-22-18/h3,5-6,8,10-11,13,17,21H,2,4,7,9,12H2,1H3,(H,24,26). The minimum absolute atomic E-state index is 0.0232. The van der Waals surface area contributed by atoms with E-state index in [9.17, 15) is 4.79 Å². The Hall–Kier alpha value is -2.51. The molecule has 1 fully saturated rings. The van der Waals surface area contributed by atoms with Gasteiger partial charge in [0, 0.05) is 18.8 Å². The summed E-state index contributed by atoms with van der Waals surface area (Å²) < 4.78 is 0. The first-order chi connectivity index (χ1) is 13.3. The number of nitrogens with one attached hydrogen (secondary N) is 2. The highest BCUT2D eigenvalue weighted by Gasteiger charge is 2.32. The van der Waals surface area contributed by atoms with Gasteiger partial charge in [0.15, 0.2) is 0 Å². The molecule has 0 spiro atoms. The van der Waals surface area contributed by atoms with Crippen molar-refractivity contribution in [3.8, 4) is 0 Å². The van der Waals surface area contributed by atoms with Crippen LogP contribution in [0.15, 0.2) is 42.0 Å². The molecule has 0 radical (unpaired) electrons. The Bertz CT molecular complexity index is 941. The van der Waals surface area contributed by atoms with Crippen LogP contribution < -0.4 is 15.5 Å². The normalized spacial score (nSPS) is 16.8. The number of aromatic nitrogens is 2. The van der Waals surface area contributed by atoms with Crippen molar-refractivity contribution in [2.24, 2.45) is 0 Å². The van der Waals surface area contributed by atoms with E-state index in [0.29, 0.717) is 0 Å². The summed E-state index contributed by atoms with van der Waals surface area (Å²) in [5, 5.41) is 9.44. The first kappa shape index (κ1) is 17.9. The maximum atomic E-state index is 13.0. The Labute approximate surface area is 162 Å². The average molecular weight is 382 g/mol. The Morgan fingerprint density at radius 1 is 1.33 bits per heavy atom. The second kappa shape index (κ2) is 8.02. The van der Waals surface area contributed by atoms with Crippen LogP contribution >= 0.6 is 11.3 Å². The zero-order valence-electron chi connectivity index (χ0n) is 15.3. The smallest absolute Gasteiger partial charge is 0.247 e. The number of carbonyl (C=O) groups excluding carboxylic acids is 1. The quantitative estimate of drug-likeness (QED) is 0.685. The summed E-state index contributed by atoms with van der Waals surface area (Å²) in [5.41, 5.74) is 2.00. The van der Waals surface area contributed by atoms with Crippen LogP contribution in [0.3, 0.4) is 0 Å². The van der Waals surface area contributed by atoms with Gasteiger partial charge in [0.1, 0.15) is 23.0 Å². The summed E-state index contributed by atoms with van der Waals surface area (Å²) in [7, 11) is 0. The highest BCUT2D eigenvalue weighted by Crippen LogP contribution is 2.32. The number of nitrogens with zero attached hydrogens (tertiary/aromatic N) is 3. The Kier molecular flexibility index (Phi) is 5.31. The lowest BCUT2D eigenvalue weighted by Crippen LogP contribution is -2.40. The Balaban J connectivity index is 1.52. The summed E-state index contributed by atoms with van der Waals surface area (Å²) in [6.07, 6.45) is 3.40. The van der Waals surface area contributed by atoms with Crippen LogP contribution in [0.4, 0.5) is 11.5 Å². The second-order valence-electron chi connectivity index (χ2n) is 6.66. The van der Waals surface area contributed by atoms with Crippen molar-refractivity contribution in [1.29, 1.82) is 0 Å². The largest absolute Gasteiger partial charge is 0.344 e. The number of thiophene rings is 1. The van der Waals surface area contributed by atoms with Crippen LogP contribution in [-0.2, 0) is 11.3 Å². The molecule has 1 amide bonds. The van der Waals surface area contributed by atoms with Gasteiger partial charge in [-0.05, 0) is 48.5 Å². The lowest BCUT2D eigenvalue weighted by Gasteiger charge is -2.25. The molecule has 2 N–H and O–H groups in total. The van der Waals surface area contributed by atoms with Crippen molar-refractivity contribution in [3.05, 3.63) is 47.6 Å². The molecular formula is C20H23N5OS. The molecule has 4 rings (SSSR count). The van der Waals surface area contributed by atoms with Gasteiger partial charge in [0.25, 0.3) is 0 Å². The van der Waals surface area contributed by atoms with Gasteiger partial charge in [-0.15, -0.1) is 11.3 Å². The molecule has 1 aromatic carbocycles. The van der Waals surface area contributed by atoms with Gasteiger partial charge < -0.3 is 15.5 Å². The molecule has 0 saturated carbocycles. The topological polar surface area (TPSA) is 70.2 Å². The molecule has 1 unspecified atom stereocenters. The van der Waals surface area contributed by atoms with Crippen LogP contribution in [-0.4, -0.2) is 35.0 Å². The number of benzene rings is 1. The lowest BCUT2D eigenvalue weighted by atomic mass is 10.1. The fraction of sp³-hybridized carbons (Fsp3) is 0.350. The number of anilines is 2. The molecule has 3 aromatic rings. The number of amides is 1. The zero-order valence-corrected chi connectivity index (χ0v) is 16.1. The second-order valence-corrected chi connectivity index (χ2v) is 7.55. The van der Waals surface area contributed by atoms with Crippen LogP contribution in [0.5, 0.6) is 0 Å². The first-order valence-corrected chi connectivity index (χ1v) is 10.2. The van der Waals surface area contributed by atoms with E-state index in [0.717, 1.165) is 59.8 Å². The molecule has 1 atom stereocenters. The maximum Gasteiger partial charge on any atom is 0.247 e. The van der Waals surface area contributed by atoms with Crippen LogP contribution in [0, 0.1) is 0 Å². The third kappa shape index (κ3) is 3.79. The van der Waals surface area contributed by atoms with Crippen LogP contribution in [0.25, 0.3) is 10.2 Å². The monoisotopic (exact) mass is 381 g/mol. The Morgan fingerprint density at radius 2 is 2.26 bits per heavy atom. The first-order valence-electron chi connectivity index (χ1n) is 9.31. The van der Waals surface area contributed by atoms with Crippen molar-refractivity contribution in [2.45, 2.75) is 32.4 Å². The summed E-state index contributed by atoms with van der Waals surface area (Å²) >= 11 is 1.60. The van der Waals surface area contributed by atoms with Gasteiger partial charge in [0.2, 0.25) is 5.91 Å². The lowest BCUT2D eigenvalue weighted by molar-refractivity contribution is -0.117. The van der Waals surface area contributed by atoms with Gasteiger partial charge in [0.05, 0.1) is 5.39 Å². The number of hydrogen-bond donors (Lipinski definition) is 2. The predicted molar refractivity (Wildman–Crippen MR) is 110 cm³/mol. The third-order valence-electron chi connectivity index (χ3n) is 4.84. The zero-order chi connectivity index (χ0) is 18.6. The van der Waals surface area contributed by atoms with E-state index in [1.165, 1.54) is 0 Å². The van der Waals surface area contributed by atoms with Crippen LogP contribution in [0.2, 0.25) is 0 Å². The minimum atomic E-state index is -0.208. The van der Waals surface area contributed by atoms with Crippen LogP contribution in [0.1, 0.15) is 25.3 Å². The van der Waals surface area contributed by atoms with Gasteiger partial charge >= 0.3 is 0 Å². The molecule has 3 heterocycles. The number of hydrogen-bond acceptors (Lipinski definition) is 6. The SMILES string of the molecule is CCNCc1cccc(NC(=O)C2CCCN2c2ncnc3sccc23)c1. The minimum Gasteiger partial charge on any atom is -0.344 e. The summed E-state index contributed by atoms with van der Waals surface area (Å²) in [6, 6.07) is 9.84. The molecule has 0 bridgehead atoms. The van der Waals surface area contributed by atoms with Crippen molar-refractivity contribution < 1.29 is 4.79 Å². The highest BCUT2D eigenvalue weighted by atomic mass is 32.1. The van der Waals surface area contributed by atoms with Gasteiger partial charge in [-0.3, -0.25) is 4.79 Å². The van der Waals surface area contributed by atoms with Gasteiger partial charge in [-0.2, -0.15) is 0 Å². The molecule has 27 heavy (non-hydrogen) atoms. The van der Waals surface area contributed by atoms with Gasteiger partial charge in [-0.25, -0.2) is 9.97 Å². The number of rotatable bonds is 6. The summed E-state index contributed by atoms with van der Waals surface area (Å²) in [5.74, 6) is 0.884.